The number of amides is 1. The zero-order valence-electron chi connectivity index (χ0n) is 11.8. The van der Waals surface area contributed by atoms with E-state index >= 15 is 0 Å². The van der Waals surface area contributed by atoms with E-state index in [9.17, 15) is 4.79 Å². The number of benzene rings is 1. The van der Waals surface area contributed by atoms with E-state index in [1.165, 1.54) is 0 Å². The molecule has 21 heavy (non-hydrogen) atoms. The molecule has 0 spiro atoms. The van der Waals surface area contributed by atoms with Crippen LogP contribution in [0.4, 0.5) is 0 Å². The van der Waals surface area contributed by atoms with Crippen LogP contribution in [0.5, 0.6) is 5.75 Å². The molecule has 2 N–H and O–H groups in total. The normalized spacial score (nSPS) is 9.95. The highest BCUT2D eigenvalue weighted by atomic mass is 35.5. The molecule has 0 saturated carbocycles. The summed E-state index contributed by atoms with van der Waals surface area (Å²) >= 11 is 6.10. The number of methoxy groups -OCH3 is 1. The van der Waals surface area contributed by atoms with Gasteiger partial charge in [-0.2, -0.15) is 5.26 Å². The number of hydrogen-bond donors (Lipinski definition) is 2. The molecule has 0 fully saturated rings. The van der Waals surface area contributed by atoms with Crippen molar-refractivity contribution in [3.05, 3.63) is 28.8 Å². The summed E-state index contributed by atoms with van der Waals surface area (Å²) in [4.78, 5) is 11.3. The van der Waals surface area contributed by atoms with Crippen molar-refractivity contribution in [1.82, 2.24) is 10.6 Å². The lowest BCUT2D eigenvalue weighted by molar-refractivity contribution is -0.122. The van der Waals surface area contributed by atoms with Gasteiger partial charge in [0.25, 0.3) is 5.91 Å². The molecular weight excluding hydrogens is 294 g/mol. The molecule has 1 rings (SSSR count). The predicted molar refractivity (Wildman–Crippen MR) is 79.2 cm³/mol. The van der Waals surface area contributed by atoms with Gasteiger partial charge in [-0.1, -0.05) is 17.7 Å². The van der Waals surface area contributed by atoms with E-state index in [1.807, 2.05) is 12.1 Å². The highest BCUT2D eigenvalue weighted by molar-refractivity contribution is 6.32. The molecule has 1 aromatic carbocycles. The maximum atomic E-state index is 11.3. The monoisotopic (exact) mass is 311 g/mol. The van der Waals surface area contributed by atoms with Crippen LogP contribution in [0.3, 0.4) is 0 Å². The van der Waals surface area contributed by atoms with Crippen molar-refractivity contribution >= 4 is 17.5 Å². The van der Waals surface area contributed by atoms with Crippen molar-refractivity contribution in [3.8, 4) is 11.8 Å². The maximum Gasteiger partial charge on any atom is 0.258 e. The Morgan fingerprint density at radius 3 is 2.95 bits per heavy atom. The Morgan fingerprint density at radius 2 is 2.29 bits per heavy atom. The molecule has 1 aromatic rings. The summed E-state index contributed by atoms with van der Waals surface area (Å²) in [6, 6.07) is 7.18. The Hall–Kier alpha value is -1.81. The molecule has 0 bridgehead atoms. The minimum atomic E-state index is -0.363. The quantitative estimate of drug-likeness (QED) is 0.527. The molecule has 1 amide bonds. The van der Waals surface area contributed by atoms with Crippen LogP contribution in [0.25, 0.3) is 0 Å². The molecule has 0 aromatic heterocycles. The van der Waals surface area contributed by atoms with Gasteiger partial charge in [-0.15, -0.1) is 0 Å². The number of nitrogens with one attached hydrogen (secondary N) is 2. The van der Waals surface area contributed by atoms with Gasteiger partial charge in [-0.25, -0.2) is 0 Å². The first-order valence-corrected chi connectivity index (χ1v) is 6.79. The van der Waals surface area contributed by atoms with E-state index in [2.05, 4.69) is 10.6 Å². The molecule has 6 nitrogen and oxygen atoms in total. The third kappa shape index (κ3) is 6.95. The second kappa shape index (κ2) is 10.00. The largest absolute Gasteiger partial charge is 0.482 e. The Kier molecular flexibility index (Phi) is 8.21. The van der Waals surface area contributed by atoms with Crippen LogP contribution in [0.1, 0.15) is 5.56 Å². The number of rotatable bonds is 9. The van der Waals surface area contributed by atoms with Crippen LogP contribution in [0.2, 0.25) is 5.02 Å². The van der Waals surface area contributed by atoms with Crippen molar-refractivity contribution < 1.29 is 14.3 Å². The highest BCUT2D eigenvalue weighted by Gasteiger charge is 2.06. The summed E-state index contributed by atoms with van der Waals surface area (Å²) in [7, 11) is 1.65. The van der Waals surface area contributed by atoms with Crippen molar-refractivity contribution in [1.29, 1.82) is 5.26 Å². The average Bonchev–Trinajstić information content (AvgIpc) is 2.48. The zero-order valence-corrected chi connectivity index (χ0v) is 12.6. The SMILES string of the molecule is COCCNCc1ccc(OCC(=O)NCC#N)c(Cl)c1. The number of carbonyl (C=O) groups is 1. The molecule has 0 radical (unpaired) electrons. The van der Waals surface area contributed by atoms with E-state index in [4.69, 9.17) is 26.3 Å². The first-order chi connectivity index (χ1) is 10.2. The van der Waals surface area contributed by atoms with E-state index in [0.717, 1.165) is 12.1 Å². The molecule has 0 unspecified atom stereocenters. The molecule has 7 heteroatoms. The lowest BCUT2D eigenvalue weighted by Gasteiger charge is -2.10. The lowest BCUT2D eigenvalue weighted by Crippen LogP contribution is -2.29. The third-order valence-corrected chi connectivity index (χ3v) is 2.83. The Balaban J connectivity index is 2.43. The number of halogens is 1. The van der Waals surface area contributed by atoms with Gasteiger partial charge in [0.1, 0.15) is 12.3 Å². The van der Waals surface area contributed by atoms with Gasteiger partial charge in [-0.05, 0) is 17.7 Å². The van der Waals surface area contributed by atoms with Crippen LogP contribution in [-0.2, 0) is 16.1 Å². The van der Waals surface area contributed by atoms with Gasteiger partial charge in [-0.3, -0.25) is 4.79 Å². The number of hydrogen-bond acceptors (Lipinski definition) is 5. The minimum Gasteiger partial charge on any atom is -0.482 e. The minimum absolute atomic E-state index is 0.0397. The number of ether oxygens (including phenoxy) is 2. The fourth-order valence-corrected chi connectivity index (χ4v) is 1.77. The molecule has 0 saturated heterocycles. The van der Waals surface area contributed by atoms with Crippen molar-refractivity contribution in [2.24, 2.45) is 0 Å². The second-order valence-electron chi connectivity index (χ2n) is 4.16. The summed E-state index contributed by atoms with van der Waals surface area (Å²) in [6.07, 6.45) is 0. The standard InChI is InChI=1S/C14H18ClN3O3/c1-20-7-6-17-9-11-2-3-13(12(15)8-11)21-10-14(19)18-5-4-16/h2-3,8,17H,5-7,9-10H2,1H3,(H,18,19). The molecule has 0 atom stereocenters. The van der Waals surface area contributed by atoms with Gasteiger partial charge in [0.05, 0.1) is 17.7 Å². The second-order valence-corrected chi connectivity index (χ2v) is 4.57. The van der Waals surface area contributed by atoms with Gasteiger partial charge in [0.15, 0.2) is 6.61 Å². The number of nitriles is 1. The molecule has 0 aliphatic rings. The summed E-state index contributed by atoms with van der Waals surface area (Å²) in [5, 5.41) is 14.4. The van der Waals surface area contributed by atoms with Gasteiger partial charge in [0.2, 0.25) is 0 Å². The zero-order chi connectivity index (χ0) is 15.5. The number of carbonyl (C=O) groups excluding carboxylic acids is 1. The van der Waals surface area contributed by atoms with Crippen LogP contribution in [-0.4, -0.2) is 39.3 Å². The van der Waals surface area contributed by atoms with E-state index < -0.39 is 0 Å². The van der Waals surface area contributed by atoms with Crippen LogP contribution >= 0.6 is 11.6 Å². The predicted octanol–water partition coefficient (Wildman–Crippen LogP) is 1.09. The van der Waals surface area contributed by atoms with Crippen molar-refractivity contribution in [2.75, 3.05) is 33.4 Å². The van der Waals surface area contributed by atoms with Gasteiger partial charge < -0.3 is 20.1 Å². The van der Waals surface area contributed by atoms with Crippen LogP contribution < -0.4 is 15.4 Å². The molecule has 0 aliphatic heterocycles. The summed E-state index contributed by atoms with van der Waals surface area (Å²) in [5.41, 5.74) is 1.01. The first kappa shape index (κ1) is 17.2. The van der Waals surface area contributed by atoms with E-state index in [-0.39, 0.29) is 19.1 Å². The fraction of sp³-hybridized carbons (Fsp3) is 0.429. The topological polar surface area (TPSA) is 83.4 Å². The number of nitrogens with zero attached hydrogens (tertiary/aromatic N) is 1. The summed E-state index contributed by atoms with van der Waals surface area (Å²) in [6.45, 7) is 1.86. The van der Waals surface area contributed by atoms with Gasteiger partial charge >= 0.3 is 0 Å². The Morgan fingerprint density at radius 1 is 1.48 bits per heavy atom. The maximum absolute atomic E-state index is 11.3. The lowest BCUT2D eigenvalue weighted by atomic mass is 10.2. The molecular formula is C14H18ClN3O3. The Labute approximate surface area is 129 Å². The molecule has 0 heterocycles. The van der Waals surface area contributed by atoms with E-state index in [0.29, 0.717) is 23.9 Å². The third-order valence-electron chi connectivity index (χ3n) is 2.53. The smallest absolute Gasteiger partial charge is 0.258 e. The van der Waals surface area contributed by atoms with Gasteiger partial charge in [0, 0.05) is 20.2 Å². The summed E-state index contributed by atoms with van der Waals surface area (Å²) in [5.74, 6) is 0.0716. The first-order valence-electron chi connectivity index (χ1n) is 6.42. The molecule has 0 aliphatic carbocycles. The van der Waals surface area contributed by atoms with Crippen molar-refractivity contribution in [2.45, 2.75) is 6.54 Å². The summed E-state index contributed by atoms with van der Waals surface area (Å²) < 4.78 is 10.2. The van der Waals surface area contributed by atoms with Crippen LogP contribution in [0.15, 0.2) is 18.2 Å². The van der Waals surface area contributed by atoms with E-state index in [1.54, 1.807) is 19.2 Å². The molecule has 114 valence electrons. The fourth-order valence-electron chi connectivity index (χ4n) is 1.51. The average molecular weight is 312 g/mol. The van der Waals surface area contributed by atoms with Crippen molar-refractivity contribution in [3.63, 3.8) is 0 Å². The van der Waals surface area contributed by atoms with Crippen LogP contribution in [0, 0.1) is 11.3 Å². The highest BCUT2D eigenvalue weighted by Crippen LogP contribution is 2.25. The Bertz CT molecular complexity index is 503.